The van der Waals surface area contributed by atoms with Gasteiger partial charge >= 0.3 is 6.03 Å². The number of Topliss-reactive ketones (excluding diaryl/α,β-unsaturated/α-hetero) is 1. The van der Waals surface area contributed by atoms with Crippen molar-refractivity contribution < 1.29 is 23.2 Å². The molecule has 1 aromatic heterocycles. The summed E-state index contributed by atoms with van der Waals surface area (Å²) in [5.74, 6) is -2.77. The number of aromatic nitrogens is 1. The molecule has 1 N–H and O–H groups in total. The molecule has 1 atom stereocenters. The summed E-state index contributed by atoms with van der Waals surface area (Å²) < 4.78 is 29.8. The molecule has 8 heteroatoms. The van der Waals surface area contributed by atoms with Gasteiger partial charge in [-0.15, -0.1) is 0 Å². The topological polar surface area (TPSA) is 71.4 Å². The number of hydrogen-bond donors (Lipinski definition) is 1. The van der Waals surface area contributed by atoms with Gasteiger partial charge in [-0.2, -0.15) is 0 Å². The van der Waals surface area contributed by atoms with Crippen molar-refractivity contribution in [2.45, 2.75) is 46.2 Å². The molecular weight excluding hydrogens is 380 g/mol. The molecule has 6 nitrogen and oxygen atoms in total. The van der Waals surface area contributed by atoms with E-state index in [2.05, 4.69) is 5.32 Å². The van der Waals surface area contributed by atoms with Gasteiger partial charge in [-0.25, -0.2) is 13.6 Å². The molecule has 1 aromatic carbocycles. The van der Waals surface area contributed by atoms with Crippen LogP contribution in [0.15, 0.2) is 24.3 Å². The van der Waals surface area contributed by atoms with Crippen LogP contribution >= 0.6 is 0 Å². The van der Waals surface area contributed by atoms with E-state index in [1.165, 1.54) is 6.92 Å². The lowest BCUT2D eigenvalue weighted by molar-refractivity contribution is -0.130. The Kier molecular flexibility index (Phi) is 5.06. The Labute approximate surface area is 167 Å². The fourth-order valence-electron chi connectivity index (χ4n) is 3.99. The maximum Gasteiger partial charge on any atom is 0.325 e. The largest absolute Gasteiger partial charge is 0.346 e. The standard InChI is InChI=1S/C21H23F2N3O3/c1-11(2)26-12(3)8-15(13(26)4)18(27)10-25-19(28)21(5,24-20(25)29)16-9-14(22)6-7-17(16)23/h6-9,11H,10H2,1-5H3,(H,24,29)/t21-/m1/s1. The molecule has 1 fully saturated rings. The van der Waals surface area contributed by atoms with Gasteiger partial charge in [-0.3, -0.25) is 14.5 Å². The van der Waals surface area contributed by atoms with E-state index in [-0.39, 0.29) is 11.6 Å². The number of benzene rings is 1. The van der Waals surface area contributed by atoms with Gasteiger partial charge in [0.15, 0.2) is 5.78 Å². The van der Waals surface area contributed by atoms with E-state index in [0.717, 1.165) is 34.5 Å². The Hall–Kier alpha value is -3.03. The zero-order valence-corrected chi connectivity index (χ0v) is 17.0. The van der Waals surface area contributed by atoms with Gasteiger partial charge in [-0.05, 0) is 58.9 Å². The van der Waals surface area contributed by atoms with Crippen LogP contribution in [0.25, 0.3) is 0 Å². The Morgan fingerprint density at radius 1 is 1.17 bits per heavy atom. The Bertz CT molecular complexity index is 1030. The molecule has 1 saturated heterocycles. The molecule has 0 saturated carbocycles. The summed E-state index contributed by atoms with van der Waals surface area (Å²) >= 11 is 0. The molecule has 3 rings (SSSR count). The van der Waals surface area contributed by atoms with Gasteiger partial charge in [0.25, 0.3) is 5.91 Å². The number of nitrogens with zero attached hydrogens (tertiary/aromatic N) is 2. The first-order chi connectivity index (χ1) is 13.5. The predicted octanol–water partition coefficient (Wildman–Crippen LogP) is 3.61. The molecule has 2 heterocycles. The highest BCUT2D eigenvalue weighted by atomic mass is 19.1. The summed E-state index contributed by atoms with van der Waals surface area (Å²) in [6.07, 6.45) is 0. The Morgan fingerprint density at radius 3 is 2.41 bits per heavy atom. The highest BCUT2D eigenvalue weighted by Gasteiger charge is 2.51. The average Bonchev–Trinajstić information content (AvgIpc) is 3.05. The van der Waals surface area contributed by atoms with Crippen LogP contribution in [0, 0.1) is 25.5 Å². The number of nitrogens with one attached hydrogen (secondary N) is 1. The van der Waals surface area contributed by atoms with Crippen molar-refractivity contribution in [1.82, 2.24) is 14.8 Å². The summed E-state index contributed by atoms with van der Waals surface area (Å²) in [6, 6.07) is 3.73. The smallest absolute Gasteiger partial charge is 0.325 e. The third-order valence-electron chi connectivity index (χ3n) is 5.34. The third-order valence-corrected chi connectivity index (χ3v) is 5.34. The second kappa shape index (κ2) is 7.09. The van der Waals surface area contributed by atoms with Crippen molar-refractivity contribution in [3.8, 4) is 0 Å². The van der Waals surface area contributed by atoms with Crippen LogP contribution in [0.5, 0.6) is 0 Å². The van der Waals surface area contributed by atoms with Crippen molar-refractivity contribution in [3.05, 3.63) is 58.4 Å². The van der Waals surface area contributed by atoms with Crippen LogP contribution in [0.1, 0.15) is 54.1 Å². The van der Waals surface area contributed by atoms with E-state index in [0.29, 0.717) is 5.56 Å². The van der Waals surface area contributed by atoms with Gasteiger partial charge in [0.1, 0.15) is 17.2 Å². The van der Waals surface area contributed by atoms with Gasteiger partial charge in [0.05, 0.1) is 6.54 Å². The molecule has 0 radical (unpaired) electrons. The first kappa shape index (κ1) is 20.7. The number of aryl methyl sites for hydroxylation is 1. The van der Waals surface area contributed by atoms with E-state index < -0.39 is 41.4 Å². The van der Waals surface area contributed by atoms with Crippen molar-refractivity contribution in [3.63, 3.8) is 0 Å². The summed E-state index contributed by atoms with van der Waals surface area (Å²) in [5, 5.41) is 2.39. The van der Waals surface area contributed by atoms with Crippen LogP contribution in [-0.4, -0.2) is 33.7 Å². The highest BCUT2D eigenvalue weighted by molar-refractivity contribution is 6.11. The monoisotopic (exact) mass is 403 g/mol. The molecule has 29 heavy (non-hydrogen) atoms. The second-order valence-electron chi connectivity index (χ2n) is 7.74. The summed E-state index contributed by atoms with van der Waals surface area (Å²) in [7, 11) is 0. The predicted molar refractivity (Wildman–Crippen MR) is 103 cm³/mol. The molecule has 1 aliphatic rings. The molecule has 3 amide bonds. The summed E-state index contributed by atoms with van der Waals surface area (Å²) in [6.45, 7) is 8.47. The van der Waals surface area contributed by atoms with Crippen molar-refractivity contribution >= 4 is 17.7 Å². The third kappa shape index (κ3) is 3.32. The number of carbonyl (C=O) groups is 3. The van der Waals surface area contributed by atoms with Crippen molar-refractivity contribution in [1.29, 1.82) is 0 Å². The van der Waals surface area contributed by atoms with Gasteiger partial charge in [0.2, 0.25) is 0 Å². The molecule has 1 aliphatic heterocycles. The van der Waals surface area contributed by atoms with Crippen LogP contribution < -0.4 is 5.32 Å². The van der Waals surface area contributed by atoms with Crippen molar-refractivity contribution in [2.75, 3.05) is 6.54 Å². The number of carbonyl (C=O) groups excluding carboxylic acids is 3. The first-order valence-corrected chi connectivity index (χ1v) is 9.28. The van der Waals surface area contributed by atoms with Crippen LogP contribution in [0.3, 0.4) is 0 Å². The average molecular weight is 403 g/mol. The number of rotatable bonds is 5. The molecule has 2 aromatic rings. The maximum atomic E-state index is 14.2. The maximum absolute atomic E-state index is 14.2. The Balaban J connectivity index is 1.91. The van der Waals surface area contributed by atoms with E-state index in [4.69, 9.17) is 0 Å². The molecular formula is C21H23F2N3O3. The number of imide groups is 1. The number of amides is 3. The number of urea groups is 1. The van der Waals surface area contributed by atoms with E-state index >= 15 is 0 Å². The molecule has 0 aliphatic carbocycles. The van der Waals surface area contributed by atoms with Gasteiger partial charge < -0.3 is 9.88 Å². The number of ketones is 1. The lowest BCUT2D eigenvalue weighted by Gasteiger charge is -2.22. The van der Waals surface area contributed by atoms with Gasteiger partial charge in [-0.1, -0.05) is 0 Å². The normalized spacial score (nSPS) is 19.2. The minimum atomic E-state index is -1.79. The number of halogens is 2. The lowest BCUT2D eigenvalue weighted by Crippen LogP contribution is -2.42. The minimum absolute atomic E-state index is 0.146. The van der Waals surface area contributed by atoms with Gasteiger partial charge in [0, 0.05) is 28.6 Å². The van der Waals surface area contributed by atoms with Crippen LogP contribution in [0.4, 0.5) is 13.6 Å². The zero-order valence-electron chi connectivity index (χ0n) is 17.0. The van der Waals surface area contributed by atoms with Crippen LogP contribution in [0.2, 0.25) is 0 Å². The van der Waals surface area contributed by atoms with E-state index in [9.17, 15) is 23.2 Å². The molecule has 0 spiro atoms. The van der Waals surface area contributed by atoms with Crippen molar-refractivity contribution in [2.24, 2.45) is 0 Å². The second-order valence-corrected chi connectivity index (χ2v) is 7.74. The van der Waals surface area contributed by atoms with Crippen LogP contribution in [-0.2, 0) is 10.3 Å². The lowest BCUT2D eigenvalue weighted by atomic mass is 9.91. The summed E-state index contributed by atoms with van der Waals surface area (Å²) in [4.78, 5) is 38.9. The van der Waals surface area contributed by atoms with E-state index in [1.807, 2.05) is 25.3 Å². The zero-order chi connectivity index (χ0) is 21.7. The Morgan fingerprint density at radius 2 is 1.83 bits per heavy atom. The van der Waals surface area contributed by atoms with E-state index in [1.54, 1.807) is 13.0 Å². The fourth-order valence-corrected chi connectivity index (χ4v) is 3.99. The highest BCUT2D eigenvalue weighted by Crippen LogP contribution is 2.31. The first-order valence-electron chi connectivity index (χ1n) is 9.28. The molecule has 0 bridgehead atoms. The molecule has 0 unspecified atom stereocenters. The minimum Gasteiger partial charge on any atom is -0.346 e. The quantitative estimate of drug-likeness (QED) is 0.612. The SMILES string of the molecule is Cc1cc(C(=O)CN2C(=O)N[C@](C)(c3cc(F)ccc3F)C2=O)c(C)n1C(C)C. The summed E-state index contributed by atoms with van der Waals surface area (Å²) in [5.41, 5.74) is -0.0254. The number of hydrogen-bond acceptors (Lipinski definition) is 3. The fraction of sp³-hybridized carbons (Fsp3) is 0.381. The molecule has 154 valence electrons.